The van der Waals surface area contributed by atoms with Gasteiger partial charge < -0.3 is 10.5 Å². The highest BCUT2D eigenvalue weighted by Gasteiger charge is 2.23. The Morgan fingerprint density at radius 2 is 2.00 bits per heavy atom. The molecule has 1 aliphatic rings. The molecular formula is C17H18FNO. The quantitative estimate of drug-likeness (QED) is 0.922. The van der Waals surface area contributed by atoms with Gasteiger partial charge in [-0.05, 0) is 36.6 Å². The van der Waals surface area contributed by atoms with Gasteiger partial charge in [0, 0.05) is 18.0 Å². The molecule has 0 aliphatic carbocycles. The molecule has 2 unspecified atom stereocenters. The Labute approximate surface area is 118 Å². The molecule has 3 heteroatoms. The number of halogens is 1. The van der Waals surface area contributed by atoms with Crippen LogP contribution in [0.15, 0.2) is 48.5 Å². The van der Waals surface area contributed by atoms with Crippen LogP contribution < -0.4 is 10.5 Å². The summed E-state index contributed by atoms with van der Waals surface area (Å²) in [5.41, 5.74) is 8.30. The van der Waals surface area contributed by atoms with E-state index in [1.165, 1.54) is 6.07 Å². The molecule has 0 bridgehead atoms. The zero-order chi connectivity index (χ0) is 13.9. The molecule has 1 aliphatic heterocycles. The Hall–Kier alpha value is -1.87. The molecule has 2 N–H and O–H groups in total. The predicted octanol–water partition coefficient (Wildman–Crippen LogP) is 3.61. The van der Waals surface area contributed by atoms with Crippen LogP contribution in [-0.2, 0) is 6.42 Å². The second-order valence-electron chi connectivity index (χ2n) is 5.29. The van der Waals surface area contributed by atoms with Gasteiger partial charge in [0.1, 0.15) is 17.7 Å². The lowest BCUT2D eigenvalue weighted by Crippen LogP contribution is -2.17. The predicted molar refractivity (Wildman–Crippen MR) is 77.1 cm³/mol. The standard InChI is InChI=1S/C17H18FNO/c18-14-6-9-17-13(10-14)11-15(20-17)7-8-16(19)12-4-2-1-3-5-12/h1-6,9-10,15-16H,7-8,11,19H2. The van der Waals surface area contributed by atoms with Crippen LogP contribution in [0.4, 0.5) is 4.39 Å². The largest absolute Gasteiger partial charge is 0.490 e. The van der Waals surface area contributed by atoms with Crippen LogP contribution in [0.3, 0.4) is 0 Å². The van der Waals surface area contributed by atoms with E-state index in [0.717, 1.165) is 36.1 Å². The van der Waals surface area contributed by atoms with E-state index in [9.17, 15) is 4.39 Å². The summed E-state index contributed by atoms with van der Waals surface area (Å²) in [5, 5.41) is 0. The smallest absolute Gasteiger partial charge is 0.123 e. The minimum absolute atomic E-state index is 0.0280. The van der Waals surface area contributed by atoms with Gasteiger partial charge in [-0.2, -0.15) is 0 Å². The third-order valence-electron chi connectivity index (χ3n) is 3.79. The van der Waals surface area contributed by atoms with Gasteiger partial charge in [0.05, 0.1) is 0 Å². The first-order valence-electron chi connectivity index (χ1n) is 6.98. The highest BCUT2D eigenvalue weighted by atomic mass is 19.1. The maximum absolute atomic E-state index is 13.1. The molecule has 2 aromatic rings. The van der Waals surface area contributed by atoms with Crippen LogP contribution in [0.5, 0.6) is 5.75 Å². The maximum atomic E-state index is 13.1. The molecule has 1 heterocycles. The fraction of sp³-hybridized carbons (Fsp3) is 0.294. The number of benzene rings is 2. The Kier molecular flexibility index (Phi) is 3.70. The third kappa shape index (κ3) is 2.83. The molecule has 0 saturated carbocycles. The van der Waals surface area contributed by atoms with Crippen molar-refractivity contribution in [3.8, 4) is 5.75 Å². The van der Waals surface area contributed by atoms with Crippen molar-refractivity contribution in [2.75, 3.05) is 0 Å². The molecule has 0 aromatic heterocycles. The van der Waals surface area contributed by atoms with Crippen molar-refractivity contribution >= 4 is 0 Å². The Bertz CT molecular complexity index is 585. The van der Waals surface area contributed by atoms with Gasteiger partial charge in [-0.1, -0.05) is 30.3 Å². The van der Waals surface area contributed by atoms with Crippen LogP contribution in [0, 0.1) is 5.82 Å². The van der Waals surface area contributed by atoms with Gasteiger partial charge >= 0.3 is 0 Å². The Balaban J connectivity index is 1.56. The van der Waals surface area contributed by atoms with Crippen molar-refractivity contribution in [1.82, 2.24) is 0 Å². The summed E-state index contributed by atoms with van der Waals surface area (Å²) in [6.07, 6.45) is 2.63. The molecule has 0 radical (unpaired) electrons. The summed E-state index contributed by atoms with van der Waals surface area (Å²) in [7, 11) is 0. The molecule has 104 valence electrons. The Morgan fingerprint density at radius 3 is 2.80 bits per heavy atom. The zero-order valence-corrected chi connectivity index (χ0v) is 11.3. The van der Waals surface area contributed by atoms with Crippen molar-refractivity contribution in [2.45, 2.75) is 31.4 Å². The minimum Gasteiger partial charge on any atom is -0.490 e. The summed E-state index contributed by atoms with van der Waals surface area (Å²) in [6.45, 7) is 0. The number of hydrogen-bond acceptors (Lipinski definition) is 2. The molecule has 3 rings (SSSR count). The lowest BCUT2D eigenvalue weighted by atomic mass is 9.99. The summed E-state index contributed by atoms with van der Waals surface area (Å²) < 4.78 is 19.0. The number of ether oxygens (including phenoxy) is 1. The average Bonchev–Trinajstić information content (AvgIpc) is 2.87. The molecule has 0 fully saturated rings. The topological polar surface area (TPSA) is 35.2 Å². The molecule has 0 spiro atoms. The summed E-state index contributed by atoms with van der Waals surface area (Å²) in [4.78, 5) is 0. The van der Waals surface area contributed by atoms with Gasteiger partial charge in [0.15, 0.2) is 0 Å². The molecule has 0 saturated heterocycles. The van der Waals surface area contributed by atoms with Gasteiger partial charge in [-0.15, -0.1) is 0 Å². The lowest BCUT2D eigenvalue weighted by Gasteiger charge is -2.15. The van der Waals surface area contributed by atoms with E-state index in [-0.39, 0.29) is 18.0 Å². The van der Waals surface area contributed by atoms with Crippen molar-refractivity contribution in [3.05, 3.63) is 65.5 Å². The van der Waals surface area contributed by atoms with E-state index in [1.807, 2.05) is 30.3 Å². The van der Waals surface area contributed by atoms with Crippen LogP contribution in [-0.4, -0.2) is 6.10 Å². The maximum Gasteiger partial charge on any atom is 0.123 e. The van der Waals surface area contributed by atoms with Crippen LogP contribution in [0.2, 0.25) is 0 Å². The molecule has 2 nitrogen and oxygen atoms in total. The van der Waals surface area contributed by atoms with Crippen molar-refractivity contribution in [1.29, 1.82) is 0 Å². The minimum atomic E-state index is -0.200. The van der Waals surface area contributed by atoms with Crippen molar-refractivity contribution in [2.24, 2.45) is 5.73 Å². The summed E-state index contributed by atoms with van der Waals surface area (Å²) >= 11 is 0. The number of hydrogen-bond donors (Lipinski definition) is 1. The van der Waals surface area contributed by atoms with Gasteiger partial charge in [-0.3, -0.25) is 0 Å². The van der Waals surface area contributed by atoms with Crippen LogP contribution >= 0.6 is 0 Å². The number of fused-ring (bicyclic) bond motifs is 1. The van der Waals surface area contributed by atoms with Crippen LogP contribution in [0.1, 0.15) is 30.0 Å². The van der Waals surface area contributed by atoms with E-state index in [0.29, 0.717) is 0 Å². The first-order valence-corrected chi connectivity index (χ1v) is 6.98. The SMILES string of the molecule is NC(CCC1Cc2cc(F)ccc2O1)c1ccccc1. The Morgan fingerprint density at radius 1 is 1.20 bits per heavy atom. The van der Waals surface area contributed by atoms with E-state index >= 15 is 0 Å². The van der Waals surface area contributed by atoms with Crippen LogP contribution in [0.25, 0.3) is 0 Å². The number of rotatable bonds is 4. The highest BCUT2D eigenvalue weighted by molar-refractivity contribution is 5.37. The summed E-state index contributed by atoms with van der Waals surface area (Å²) in [6, 6.07) is 14.8. The zero-order valence-electron chi connectivity index (χ0n) is 11.3. The lowest BCUT2D eigenvalue weighted by molar-refractivity contribution is 0.214. The van der Waals surface area contributed by atoms with Crippen molar-refractivity contribution < 1.29 is 9.13 Å². The fourth-order valence-corrected chi connectivity index (χ4v) is 2.68. The first kappa shape index (κ1) is 13.1. The normalized spacial score (nSPS) is 18.4. The monoisotopic (exact) mass is 271 g/mol. The van der Waals surface area contributed by atoms with Gasteiger partial charge in [-0.25, -0.2) is 4.39 Å². The molecule has 20 heavy (non-hydrogen) atoms. The fourth-order valence-electron chi connectivity index (χ4n) is 2.68. The molecule has 2 atom stereocenters. The second-order valence-corrected chi connectivity index (χ2v) is 5.29. The average molecular weight is 271 g/mol. The van der Waals surface area contributed by atoms with E-state index in [1.54, 1.807) is 12.1 Å². The molecule has 0 amide bonds. The van der Waals surface area contributed by atoms with Crippen molar-refractivity contribution in [3.63, 3.8) is 0 Å². The molecular weight excluding hydrogens is 253 g/mol. The van der Waals surface area contributed by atoms with Gasteiger partial charge in [0.2, 0.25) is 0 Å². The third-order valence-corrected chi connectivity index (χ3v) is 3.79. The first-order chi connectivity index (χ1) is 9.72. The number of nitrogens with two attached hydrogens (primary N) is 1. The summed E-state index contributed by atoms with van der Waals surface area (Å²) in [5.74, 6) is 0.610. The van der Waals surface area contributed by atoms with E-state index < -0.39 is 0 Å². The molecule has 2 aromatic carbocycles. The highest BCUT2D eigenvalue weighted by Crippen LogP contribution is 2.31. The van der Waals surface area contributed by atoms with E-state index in [2.05, 4.69) is 0 Å². The second kappa shape index (κ2) is 5.63. The van der Waals surface area contributed by atoms with E-state index in [4.69, 9.17) is 10.5 Å². The van der Waals surface area contributed by atoms with Gasteiger partial charge in [0.25, 0.3) is 0 Å².